The summed E-state index contributed by atoms with van der Waals surface area (Å²) in [6.45, 7) is 4.82. The fourth-order valence-corrected chi connectivity index (χ4v) is 2.49. The van der Waals surface area contributed by atoms with E-state index in [2.05, 4.69) is 45.7 Å². The summed E-state index contributed by atoms with van der Waals surface area (Å²) in [7, 11) is 0. The van der Waals surface area contributed by atoms with Crippen LogP contribution in [0.3, 0.4) is 0 Å². The van der Waals surface area contributed by atoms with E-state index in [4.69, 9.17) is 0 Å². The molecule has 0 atom stereocenters. The van der Waals surface area contributed by atoms with E-state index in [0.29, 0.717) is 12.5 Å². The number of aryl methyl sites for hydroxylation is 2. The molecule has 25 heavy (non-hydrogen) atoms. The van der Waals surface area contributed by atoms with Gasteiger partial charge < -0.3 is 10.6 Å². The van der Waals surface area contributed by atoms with E-state index in [9.17, 15) is 4.39 Å². The highest BCUT2D eigenvalue weighted by Gasteiger charge is 2.03. The van der Waals surface area contributed by atoms with E-state index >= 15 is 0 Å². The first-order chi connectivity index (χ1) is 12.1. The maximum atomic E-state index is 12.9. The van der Waals surface area contributed by atoms with Crippen molar-refractivity contribution in [2.24, 2.45) is 0 Å². The lowest BCUT2D eigenvalue weighted by atomic mass is 10.1. The lowest BCUT2D eigenvalue weighted by Crippen LogP contribution is -2.08. The molecule has 2 N–H and O–H groups in total. The third kappa shape index (κ3) is 4.76. The Morgan fingerprint density at radius 3 is 2.60 bits per heavy atom. The average Bonchev–Trinajstić information content (AvgIpc) is 2.60. The topological polar surface area (TPSA) is 49.8 Å². The smallest absolute Gasteiger partial charge is 0.229 e. The fourth-order valence-electron chi connectivity index (χ4n) is 2.49. The van der Waals surface area contributed by atoms with Crippen molar-refractivity contribution in [1.29, 1.82) is 0 Å². The van der Waals surface area contributed by atoms with Gasteiger partial charge in [-0.15, -0.1) is 0 Å². The van der Waals surface area contributed by atoms with Gasteiger partial charge in [0.25, 0.3) is 0 Å². The van der Waals surface area contributed by atoms with E-state index in [1.807, 2.05) is 13.0 Å². The second kappa shape index (κ2) is 7.75. The third-order valence-electron chi connectivity index (χ3n) is 3.93. The molecule has 3 aromatic rings. The molecule has 0 bridgehead atoms. The van der Waals surface area contributed by atoms with Crippen LogP contribution < -0.4 is 10.6 Å². The summed E-state index contributed by atoms with van der Waals surface area (Å²) in [5, 5.41) is 6.54. The van der Waals surface area contributed by atoms with E-state index in [-0.39, 0.29) is 5.82 Å². The molecular weight excluding hydrogens is 315 g/mol. The van der Waals surface area contributed by atoms with Crippen molar-refractivity contribution in [2.75, 3.05) is 17.2 Å². The van der Waals surface area contributed by atoms with Crippen molar-refractivity contribution in [2.45, 2.75) is 20.3 Å². The predicted molar refractivity (Wildman–Crippen MR) is 99.8 cm³/mol. The summed E-state index contributed by atoms with van der Waals surface area (Å²) in [6.07, 6.45) is 2.52. The van der Waals surface area contributed by atoms with Gasteiger partial charge >= 0.3 is 0 Å². The number of nitrogens with zero attached hydrogens (tertiary/aromatic N) is 2. The van der Waals surface area contributed by atoms with Crippen LogP contribution in [0.2, 0.25) is 0 Å². The van der Waals surface area contributed by atoms with Crippen molar-refractivity contribution >= 4 is 17.5 Å². The number of nitrogens with one attached hydrogen (secondary N) is 2. The van der Waals surface area contributed by atoms with Gasteiger partial charge in [0.15, 0.2) is 0 Å². The van der Waals surface area contributed by atoms with E-state index in [0.717, 1.165) is 29.1 Å². The number of halogens is 1. The molecule has 5 heteroatoms. The Balaban J connectivity index is 1.61. The Morgan fingerprint density at radius 1 is 1.00 bits per heavy atom. The summed E-state index contributed by atoms with van der Waals surface area (Å²) in [5.41, 5.74) is 4.41. The van der Waals surface area contributed by atoms with Gasteiger partial charge in [-0.1, -0.05) is 24.3 Å². The molecule has 0 aliphatic heterocycles. The highest BCUT2D eigenvalue weighted by Crippen LogP contribution is 2.20. The van der Waals surface area contributed by atoms with Crippen molar-refractivity contribution < 1.29 is 4.39 Å². The number of hydrogen-bond acceptors (Lipinski definition) is 4. The summed E-state index contributed by atoms with van der Waals surface area (Å²) >= 11 is 0. The SMILES string of the molecule is Cc1ccc(C)c(Nc2nccc(NCCc3ccc(F)cc3)n2)c1. The number of hydrogen-bond donors (Lipinski definition) is 2. The zero-order valence-corrected chi connectivity index (χ0v) is 14.4. The van der Waals surface area contributed by atoms with E-state index < -0.39 is 0 Å². The molecule has 0 radical (unpaired) electrons. The van der Waals surface area contributed by atoms with Crippen molar-refractivity contribution in [3.63, 3.8) is 0 Å². The largest absolute Gasteiger partial charge is 0.370 e. The zero-order chi connectivity index (χ0) is 17.6. The van der Waals surface area contributed by atoms with Crippen molar-refractivity contribution in [3.05, 3.63) is 77.2 Å². The van der Waals surface area contributed by atoms with Crippen molar-refractivity contribution in [3.8, 4) is 0 Å². The van der Waals surface area contributed by atoms with Crippen molar-refractivity contribution in [1.82, 2.24) is 9.97 Å². The molecule has 128 valence electrons. The molecule has 0 amide bonds. The number of benzene rings is 2. The minimum absolute atomic E-state index is 0.213. The van der Waals surface area contributed by atoms with Gasteiger partial charge in [0.05, 0.1) is 0 Å². The first-order valence-electron chi connectivity index (χ1n) is 8.26. The standard InChI is InChI=1S/C20H21FN4/c1-14-3-4-15(2)18(13-14)24-20-23-12-10-19(25-20)22-11-9-16-5-7-17(21)8-6-16/h3-8,10,12-13H,9,11H2,1-2H3,(H2,22,23,24,25). The maximum Gasteiger partial charge on any atom is 0.229 e. The normalized spacial score (nSPS) is 10.5. The highest BCUT2D eigenvalue weighted by atomic mass is 19.1. The van der Waals surface area contributed by atoms with Crippen LogP contribution in [0.15, 0.2) is 54.7 Å². The second-order valence-corrected chi connectivity index (χ2v) is 6.01. The molecule has 0 saturated heterocycles. The second-order valence-electron chi connectivity index (χ2n) is 6.01. The monoisotopic (exact) mass is 336 g/mol. The third-order valence-corrected chi connectivity index (χ3v) is 3.93. The molecule has 3 rings (SSSR count). The van der Waals surface area contributed by atoms with Gasteiger partial charge in [0, 0.05) is 18.4 Å². The molecular formula is C20H21FN4. The predicted octanol–water partition coefficient (Wildman–Crippen LogP) is 4.63. The molecule has 1 aromatic heterocycles. The van der Waals surface area contributed by atoms with Gasteiger partial charge in [-0.05, 0) is 61.2 Å². The van der Waals surface area contributed by atoms with Gasteiger partial charge in [0.2, 0.25) is 5.95 Å². The van der Waals surface area contributed by atoms with Crippen LogP contribution >= 0.6 is 0 Å². The van der Waals surface area contributed by atoms with Gasteiger partial charge in [-0.3, -0.25) is 0 Å². The van der Waals surface area contributed by atoms with Gasteiger partial charge in [-0.2, -0.15) is 4.98 Å². The molecule has 0 aliphatic carbocycles. The first-order valence-corrected chi connectivity index (χ1v) is 8.26. The lowest BCUT2D eigenvalue weighted by molar-refractivity contribution is 0.627. The first kappa shape index (κ1) is 16.9. The Kier molecular flexibility index (Phi) is 5.23. The lowest BCUT2D eigenvalue weighted by Gasteiger charge is -2.11. The molecule has 2 aromatic carbocycles. The highest BCUT2D eigenvalue weighted by molar-refractivity contribution is 5.60. The summed E-state index contributed by atoms with van der Waals surface area (Å²) in [5.74, 6) is 1.10. The van der Waals surface area contributed by atoms with Crippen LogP contribution in [0.1, 0.15) is 16.7 Å². The van der Waals surface area contributed by atoms with E-state index in [1.165, 1.54) is 17.7 Å². The Morgan fingerprint density at radius 2 is 1.80 bits per heavy atom. The molecule has 0 saturated carbocycles. The number of anilines is 3. The van der Waals surface area contributed by atoms with Crippen LogP contribution in [0.4, 0.5) is 21.8 Å². The summed E-state index contributed by atoms with van der Waals surface area (Å²) in [4.78, 5) is 8.77. The fraction of sp³-hybridized carbons (Fsp3) is 0.200. The van der Waals surface area contributed by atoms with Crippen LogP contribution in [-0.2, 0) is 6.42 Å². The summed E-state index contributed by atoms with van der Waals surface area (Å²) < 4.78 is 12.9. The van der Waals surface area contributed by atoms with Crippen LogP contribution in [0, 0.1) is 19.7 Å². The molecule has 1 heterocycles. The Labute approximate surface area is 147 Å². The average molecular weight is 336 g/mol. The molecule has 4 nitrogen and oxygen atoms in total. The molecule has 0 spiro atoms. The Bertz CT molecular complexity index is 847. The minimum Gasteiger partial charge on any atom is -0.370 e. The van der Waals surface area contributed by atoms with Gasteiger partial charge in [-0.25, -0.2) is 9.37 Å². The van der Waals surface area contributed by atoms with Gasteiger partial charge in [0.1, 0.15) is 11.6 Å². The zero-order valence-electron chi connectivity index (χ0n) is 14.4. The minimum atomic E-state index is -0.213. The quantitative estimate of drug-likeness (QED) is 0.689. The molecule has 0 aliphatic rings. The number of aromatic nitrogens is 2. The van der Waals surface area contributed by atoms with Crippen LogP contribution in [0.25, 0.3) is 0 Å². The molecule has 0 fully saturated rings. The number of rotatable bonds is 6. The van der Waals surface area contributed by atoms with Crippen LogP contribution in [-0.4, -0.2) is 16.5 Å². The summed E-state index contributed by atoms with van der Waals surface area (Å²) in [6, 6.07) is 14.6. The molecule has 0 unspecified atom stereocenters. The van der Waals surface area contributed by atoms with E-state index in [1.54, 1.807) is 18.3 Å². The maximum absolute atomic E-state index is 12.9. The van der Waals surface area contributed by atoms with Crippen LogP contribution in [0.5, 0.6) is 0 Å². The Hall–Kier alpha value is -2.95.